The van der Waals surface area contributed by atoms with Gasteiger partial charge in [-0.3, -0.25) is 9.59 Å². The molecule has 1 fully saturated rings. The van der Waals surface area contributed by atoms with Gasteiger partial charge in [0.15, 0.2) is 17.3 Å². The monoisotopic (exact) mass is 728 g/mol. The van der Waals surface area contributed by atoms with E-state index in [-0.39, 0.29) is 23.3 Å². The van der Waals surface area contributed by atoms with Crippen LogP contribution in [0.2, 0.25) is 0 Å². The van der Waals surface area contributed by atoms with E-state index in [1.165, 1.54) is 44.6 Å². The Kier molecular flexibility index (Phi) is 15.6. The Morgan fingerprint density at radius 1 is 0.769 bits per heavy atom. The second-order valence-corrected chi connectivity index (χ2v) is 13.3. The molecule has 5 atom stereocenters. The number of unbranched alkanes of at least 4 members (excludes halogenated alkanes) is 11. The standard InChI is InChI=1S/C39H52O13/c1-2-3-4-5-6-7-8-9-10-11-12-13-14-15-16-17-31(44)49-23-30-33(45)35(47)36(48)39(51-30)52-38-34(46)32-28(43)21-25(40)22-29(32)50-37(38)24-18-19-26(41)27(42)20-24/h9-10,18-22,30,33,35-36,39-43,45,47-48H,2-8,11-17,23H2,1H3/b10-9-. The summed E-state index contributed by atoms with van der Waals surface area (Å²) in [5.74, 6) is -3.62. The Balaban J connectivity index is 1.30. The summed E-state index contributed by atoms with van der Waals surface area (Å²) in [5, 5.41) is 71.8. The minimum absolute atomic E-state index is 0.0131. The van der Waals surface area contributed by atoms with Crippen LogP contribution in [0, 0.1) is 0 Å². The first-order valence-corrected chi connectivity index (χ1v) is 18.2. The lowest BCUT2D eigenvalue weighted by Crippen LogP contribution is -2.60. The molecule has 5 unspecified atom stereocenters. The molecule has 286 valence electrons. The normalized spacial score (nSPS) is 20.4. The Hall–Kier alpha value is -4.30. The highest BCUT2D eigenvalue weighted by atomic mass is 16.7. The molecule has 0 radical (unpaired) electrons. The smallest absolute Gasteiger partial charge is 0.305 e. The molecular weight excluding hydrogens is 676 g/mol. The summed E-state index contributed by atoms with van der Waals surface area (Å²) in [5.41, 5.74) is -1.21. The number of phenols is 4. The van der Waals surface area contributed by atoms with Crippen molar-refractivity contribution in [3.05, 3.63) is 52.7 Å². The van der Waals surface area contributed by atoms with E-state index in [2.05, 4.69) is 19.1 Å². The number of hydrogen-bond donors (Lipinski definition) is 7. The van der Waals surface area contributed by atoms with Gasteiger partial charge < -0.3 is 54.4 Å². The molecule has 1 aliphatic rings. The molecular formula is C39H52O13. The van der Waals surface area contributed by atoms with Crippen LogP contribution in [0.1, 0.15) is 96.8 Å². The third-order valence-corrected chi connectivity index (χ3v) is 9.11. The summed E-state index contributed by atoms with van der Waals surface area (Å²) in [7, 11) is 0. The van der Waals surface area contributed by atoms with Crippen LogP contribution in [0.15, 0.2) is 51.7 Å². The van der Waals surface area contributed by atoms with Gasteiger partial charge in [0.05, 0.1) is 0 Å². The lowest BCUT2D eigenvalue weighted by Gasteiger charge is -2.39. The molecule has 0 bridgehead atoms. The largest absolute Gasteiger partial charge is 0.508 e. The fourth-order valence-electron chi connectivity index (χ4n) is 6.09. The van der Waals surface area contributed by atoms with Crippen LogP contribution >= 0.6 is 0 Å². The third kappa shape index (κ3) is 11.1. The Morgan fingerprint density at radius 3 is 2.10 bits per heavy atom. The molecule has 4 rings (SSSR count). The number of fused-ring (bicyclic) bond motifs is 1. The average Bonchev–Trinajstić information content (AvgIpc) is 3.11. The van der Waals surface area contributed by atoms with Crippen molar-refractivity contribution < 1.29 is 59.2 Å². The molecule has 0 aliphatic carbocycles. The fraction of sp³-hybridized carbons (Fsp3) is 0.538. The maximum absolute atomic E-state index is 13.7. The number of aliphatic hydroxyl groups is 3. The van der Waals surface area contributed by atoms with Crippen molar-refractivity contribution in [3.8, 4) is 40.1 Å². The SMILES string of the molecule is CCCCCCCC/C=C\CCCCCCCC(=O)OCC1OC(Oc2c(-c3ccc(O)c(O)c3)oc3cc(O)cc(O)c3c2=O)C(O)C(O)C1O. The van der Waals surface area contributed by atoms with E-state index in [1.807, 2.05) is 0 Å². The van der Waals surface area contributed by atoms with Crippen molar-refractivity contribution in [2.75, 3.05) is 6.61 Å². The van der Waals surface area contributed by atoms with Crippen LogP contribution in [-0.4, -0.2) is 79.0 Å². The quantitative estimate of drug-likeness (QED) is 0.0306. The number of carbonyl (C=O) groups excluding carboxylic acids is 1. The molecule has 2 aromatic carbocycles. The number of hydrogen-bond acceptors (Lipinski definition) is 13. The summed E-state index contributed by atoms with van der Waals surface area (Å²) in [6.45, 7) is 1.74. The number of esters is 1. The minimum Gasteiger partial charge on any atom is -0.508 e. The van der Waals surface area contributed by atoms with Crippen molar-refractivity contribution >= 4 is 16.9 Å². The van der Waals surface area contributed by atoms with Crippen molar-refractivity contribution in [2.24, 2.45) is 0 Å². The van der Waals surface area contributed by atoms with Crippen LogP contribution in [0.3, 0.4) is 0 Å². The molecule has 13 heteroatoms. The maximum atomic E-state index is 13.7. The lowest BCUT2D eigenvalue weighted by molar-refractivity contribution is -0.278. The predicted octanol–water partition coefficient (Wildman–Crippen LogP) is 6.05. The van der Waals surface area contributed by atoms with Gasteiger partial charge in [-0.05, 0) is 50.3 Å². The van der Waals surface area contributed by atoms with Gasteiger partial charge in [-0.2, -0.15) is 0 Å². The van der Waals surface area contributed by atoms with Gasteiger partial charge in [0.25, 0.3) is 0 Å². The van der Waals surface area contributed by atoms with Gasteiger partial charge in [0.2, 0.25) is 17.5 Å². The molecule has 1 aromatic heterocycles. The number of aromatic hydroxyl groups is 4. The highest BCUT2D eigenvalue weighted by molar-refractivity contribution is 5.88. The van der Waals surface area contributed by atoms with Crippen molar-refractivity contribution in [1.82, 2.24) is 0 Å². The molecule has 52 heavy (non-hydrogen) atoms. The van der Waals surface area contributed by atoms with Gasteiger partial charge in [-0.15, -0.1) is 0 Å². The molecule has 3 aromatic rings. The van der Waals surface area contributed by atoms with Gasteiger partial charge in [0, 0.05) is 24.1 Å². The van der Waals surface area contributed by atoms with E-state index in [0.717, 1.165) is 62.8 Å². The van der Waals surface area contributed by atoms with E-state index >= 15 is 0 Å². The van der Waals surface area contributed by atoms with Gasteiger partial charge in [0.1, 0.15) is 53.5 Å². The molecule has 0 saturated carbocycles. The molecule has 13 nitrogen and oxygen atoms in total. The number of allylic oxidation sites excluding steroid dienone is 2. The fourth-order valence-corrected chi connectivity index (χ4v) is 6.09. The predicted molar refractivity (Wildman–Crippen MR) is 192 cm³/mol. The third-order valence-electron chi connectivity index (χ3n) is 9.11. The number of aliphatic hydroxyl groups excluding tert-OH is 3. The summed E-state index contributed by atoms with van der Waals surface area (Å²) in [4.78, 5) is 26.1. The Bertz CT molecular complexity index is 1680. The van der Waals surface area contributed by atoms with E-state index in [9.17, 15) is 45.3 Å². The first-order chi connectivity index (χ1) is 25.0. The maximum Gasteiger partial charge on any atom is 0.305 e. The summed E-state index contributed by atoms with van der Waals surface area (Å²) < 4.78 is 22.5. The van der Waals surface area contributed by atoms with Crippen LogP contribution in [0.4, 0.5) is 0 Å². The second-order valence-electron chi connectivity index (χ2n) is 13.3. The van der Waals surface area contributed by atoms with Gasteiger partial charge >= 0.3 is 5.97 Å². The first-order valence-electron chi connectivity index (χ1n) is 18.2. The molecule has 0 amide bonds. The topological polar surface area (TPSA) is 217 Å². The van der Waals surface area contributed by atoms with E-state index in [0.29, 0.717) is 6.42 Å². The van der Waals surface area contributed by atoms with Crippen LogP contribution < -0.4 is 10.2 Å². The zero-order valence-corrected chi connectivity index (χ0v) is 29.6. The average molecular weight is 729 g/mol. The number of carbonyl (C=O) groups is 1. The van der Waals surface area contributed by atoms with Crippen molar-refractivity contribution in [1.29, 1.82) is 0 Å². The summed E-state index contributed by atoms with van der Waals surface area (Å²) in [6.07, 6.45) is 10.7. The molecule has 1 aliphatic heterocycles. The number of rotatable bonds is 20. The number of ether oxygens (including phenoxy) is 3. The molecule has 2 heterocycles. The minimum atomic E-state index is -1.90. The van der Waals surface area contributed by atoms with Gasteiger partial charge in [-0.25, -0.2) is 0 Å². The summed E-state index contributed by atoms with van der Waals surface area (Å²) >= 11 is 0. The van der Waals surface area contributed by atoms with E-state index in [4.69, 9.17) is 18.6 Å². The Labute approximate surface area is 302 Å². The summed E-state index contributed by atoms with van der Waals surface area (Å²) in [6, 6.07) is 5.43. The Morgan fingerprint density at radius 2 is 1.42 bits per heavy atom. The number of benzene rings is 2. The van der Waals surface area contributed by atoms with Gasteiger partial charge in [-0.1, -0.05) is 70.4 Å². The van der Waals surface area contributed by atoms with Crippen LogP contribution in [0.25, 0.3) is 22.3 Å². The first kappa shape index (κ1) is 40.5. The van der Waals surface area contributed by atoms with Crippen molar-refractivity contribution in [3.63, 3.8) is 0 Å². The number of phenolic OH excluding ortho intramolecular Hbond substituents is 4. The van der Waals surface area contributed by atoms with E-state index in [1.54, 1.807) is 0 Å². The lowest BCUT2D eigenvalue weighted by atomic mass is 9.99. The zero-order chi connectivity index (χ0) is 37.6. The second kappa shape index (κ2) is 20.1. The molecule has 1 saturated heterocycles. The van der Waals surface area contributed by atoms with Crippen LogP contribution in [-0.2, 0) is 14.3 Å². The van der Waals surface area contributed by atoms with E-state index < -0.39 is 82.8 Å². The highest BCUT2D eigenvalue weighted by Crippen LogP contribution is 2.39. The zero-order valence-electron chi connectivity index (χ0n) is 29.6. The van der Waals surface area contributed by atoms with Crippen molar-refractivity contribution in [2.45, 2.75) is 128 Å². The highest BCUT2D eigenvalue weighted by Gasteiger charge is 2.46. The van der Waals surface area contributed by atoms with Crippen LogP contribution in [0.5, 0.6) is 28.7 Å². The molecule has 7 N–H and O–H groups in total. The molecule has 0 spiro atoms.